The Morgan fingerprint density at radius 3 is 2.67 bits per heavy atom. The maximum absolute atomic E-state index is 11.1. The van der Waals surface area contributed by atoms with Gasteiger partial charge in [-0.25, -0.2) is 0 Å². The molecule has 0 saturated heterocycles. The Labute approximate surface area is 125 Å². The van der Waals surface area contributed by atoms with Crippen molar-refractivity contribution in [2.24, 2.45) is 0 Å². The van der Waals surface area contributed by atoms with Crippen LogP contribution in [0.3, 0.4) is 0 Å². The zero-order chi connectivity index (χ0) is 15.7. The Kier molecular flexibility index (Phi) is 7.19. The Balaban J connectivity index is 2.36. The fraction of sp³-hybridized carbons (Fsp3) is 0.562. The highest BCUT2D eigenvalue weighted by atomic mass is 16.5. The van der Waals surface area contributed by atoms with Crippen LogP contribution >= 0.6 is 0 Å². The largest absolute Gasteiger partial charge is 0.493 e. The average molecular weight is 295 g/mol. The molecule has 1 unspecified atom stereocenters. The second-order valence-corrected chi connectivity index (χ2v) is 5.27. The Morgan fingerprint density at radius 1 is 1.33 bits per heavy atom. The lowest BCUT2D eigenvalue weighted by Crippen LogP contribution is -2.47. The second-order valence-electron chi connectivity index (χ2n) is 5.27. The second kappa shape index (κ2) is 8.64. The van der Waals surface area contributed by atoms with Gasteiger partial charge in [0.1, 0.15) is 11.3 Å². The molecule has 21 heavy (non-hydrogen) atoms. The number of aliphatic hydroxyl groups excluding tert-OH is 1. The van der Waals surface area contributed by atoms with Crippen molar-refractivity contribution < 1.29 is 19.7 Å². The minimum Gasteiger partial charge on any atom is -0.493 e. The molecule has 1 aromatic carbocycles. The van der Waals surface area contributed by atoms with Crippen molar-refractivity contribution in [3.8, 4) is 5.75 Å². The first-order chi connectivity index (χ1) is 10.0. The highest BCUT2D eigenvalue weighted by Crippen LogP contribution is 2.19. The number of aliphatic hydroxyl groups is 1. The SMILES string of the molecule is CNC(C)(CCCCOc1ccccc1CCO)C(=O)O. The van der Waals surface area contributed by atoms with Crippen LogP contribution < -0.4 is 10.1 Å². The van der Waals surface area contributed by atoms with Crippen LogP contribution in [0.25, 0.3) is 0 Å². The van der Waals surface area contributed by atoms with E-state index in [4.69, 9.17) is 14.9 Å². The summed E-state index contributed by atoms with van der Waals surface area (Å²) in [6.45, 7) is 2.33. The first kappa shape index (κ1) is 17.5. The molecular formula is C16H25NO4. The molecule has 0 aromatic heterocycles. The molecule has 0 aliphatic rings. The van der Waals surface area contributed by atoms with Crippen LogP contribution in [-0.2, 0) is 11.2 Å². The van der Waals surface area contributed by atoms with Gasteiger partial charge in [-0.2, -0.15) is 0 Å². The molecule has 0 bridgehead atoms. The monoisotopic (exact) mass is 295 g/mol. The number of carboxylic acid groups (broad SMARTS) is 1. The highest BCUT2D eigenvalue weighted by Gasteiger charge is 2.30. The molecular weight excluding hydrogens is 270 g/mol. The van der Waals surface area contributed by atoms with Gasteiger partial charge in [0.15, 0.2) is 0 Å². The normalized spacial score (nSPS) is 13.7. The van der Waals surface area contributed by atoms with Crippen molar-refractivity contribution in [3.05, 3.63) is 29.8 Å². The first-order valence-electron chi connectivity index (χ1n) is 7.27. The van der Waals surface area contributed by atoms with E-state index in [1.165, 1.54) is 0 Å². The van der Waals surface area contributed by atoms with Gasteiger partial charge in [-0.05, 0) is 51.3 Å². The van der Waals surface area contributed by atoms with E-state index >= 15 is 0 Å². The van der Waals surface area contributed by atoms with Gasteiger partial charge in [0, 0.05) is 6.61 Å². The fourth-order valence-corrected chi connectivity index (χ4v) is 2.07. The van der Waals surface area contributed by atoms with Gasteiger partial charge in [-0.1, -0.05) is 18.2 Å². The number of ether oxygens (including phenoxy) is 1. The summed E-state index contributed by atoms with van der Waals surface area (Å²) in [5, 5.41) is 21.0. The van der Waals surface area contributed by atoms with E-state index in [2.05, 4.69) is 5.32 Å². The smallest absolute Gasteiger partial charge is 0.323 e. The third-order valence-corrected chi connectivity index (χ3v) is 3.71. The fourth-order valence-electron chi connectivity index (χ4n) is 2.07. The van der Waals surface area contributed by atoms with E-state index in [0.29, 0.717) is 19.4 Å². The van der Waals surface area contributed by atoms with Crippen LogP contribution in [-0.4, -0.2) is 42.0 Å². The Bertz CT molecular complexity index is 450. The van der Waals surface area contributed by atoms with Crippen LogP contribution in [0.2, 0.25) is 0 Å². The van der Waals surface area contributed by atoms with E-state index in [-0.39, 0.29) is 6.61 Å². The van der Waals surface area contributed by atoms with E-state index < -0.39 is 11.5 Å². The summed E-state index contributed by atoms with van der Waals surface area (Å²) in [4.78, 5) is 11.1. The molecule has 3 N–H and O–H groups in total. The van der Waals surface area contributed by atoms with Gasteiger partial charge in [-0.3, -0.25) is 4.79 Å². The van der Waals surface area contributed by atoms with Gasteiger partial charge >= 0.3 is 5.97 Å². The van der Waals surface area contributed by atoms with Gasteiger partial charge in [0.05, 0.1) is 6.61 Å². The lowest BCUT2D eigenvalue weighted by Gasteiger charge is -2.23. The topological polar surface area (TPSA) is 78.8 Å². The molecule has 5 heteroatoms. The van der Waals surface area contributed by atoms with Crippen LogP contribution in [0.1, 0.15) is 31.7 Å². The number of carboxylic acids is 1. The number of carbonyl (C=O) groups is 1. The van der Waals surface area contributed by atoms with Gasteiger partial charge in [0.2, 0.25) is 0 Å². The zero-order valence-corrected chi connectivity index (χ0v) is 12.8. The molecule has 0 radical (unpaired) electrons. The summed E-state index contributed by atoms with van der Waals surface area (Å²) in [6, 6.07) is 7.65. The third kappa shape index (κ3) is 5.36. The van der Waals surface area contributed by atoms with Gasteiger partial charge in [0.25, 0.3) is 0 Å². The molecule has 0 saturated carbocycles. The molecule has 1 atom stereocenters. The number of nitrogens with one attached hydrogen (secondary N) is 1. The number of aliphatic carboxylic acids is 1. The predicted octanol–water partition coefficient (Wildman–Crippen LogP) is 1.83. The van der Waals surface area contributed by atoms with E-state index in [1.807, 2.05) is 24.3 Å². The Hall–Kier alpha value is -1.59. The van der Waals surface area contributed by atoms with Crippen molar-refractivity contribution >= 4 is 5.97 Å². The van der Waals surface area contributed by atoms with Gasteiger partial charge in [-0.15, -0.1) is 0 Å². The standard InChI is InChI=1S/C16H25NO4/c1-16(17-2,15(19)20)10-5-6-12-21-14-8-4-3-7-13(14)9-11-18/h3-4,7-8,17-18H,5-6,9-12H2,1-2H3,(H,19,20). The number of para-hydroxylation sites is 1. The maximum Gasteiger partial charge on any atom is 0.323 e. The number of rotatable bonds is 10. The molecule has 0 fully saturated rings. The average Bonchev–Trinajstić information content (AvgIpc) is 2.48. The predicted molar refractivity (Wildman–Crippen MR) is 81.7 cm³/mol. The van der Waals surface area contributed by atoms with Crippen molar-refractivity contribution in [1.29, 1.82) is 0 Å². The quantitative estimate of drug-likeness (QED) is 0.574. The number of hydrogen-bond donors (Lipinski definition) is 3. The molecule has 1 aromatic rings. The highest BCUT2D eigenvalue weighted by molar-refractivity contribution is 5.78. The third-order valence-electron chi connectivity index (χ3n) is 3.71. The summed E-state index contributed by atoms with van der Waals surface area (Å²) in [5.74, 6) is -0.0413. The molecule has 0 amide bonds. The minimum absolute atomic E-state index is 0.0967. The number of unbranched alkanes of at least 4 members (excludes halogenated alkanes) is 1. The zero-order valence-electron chi connectivity index (χ0n) is 12.8. The number of benzene rings is 1. The van der Waals surface area contributed by atoms with E-state index in [1.54, 1.807) is 14.0 Å². The van der Waals surface area contributed by atoms with Crippen molar-refractivity contribution in [3.63, 3.8) is 0 Å². The molecule has 1 rings (SSSR count). The molecule has 118 valence electrons. The van der Waals surface area contributed by atoms with Crippen molar-refractivity contribution in [1.82, 2.24) is 5.32 Å². The minimum atomic E-state index is -0.880. The Morgan fingerprint density at radius 2 is 2.05 bits per heavy atom. The summed E-state index contributed by atoms with van der Waals surface area (Å²) < 4.78 is 5.72. The summed E-state index contributed by atoms with van der Waals surface area (Å²) in [6.07, 6.45) is 2.69. The first-order valence-corrected chi connectivity index (χ1v) is 7.27. The van der Waals surface area contributed by atoms with Crippen LogP contribution in [0.5, 0.6) is 5.75 Å². The summed E-state index contributed by atoms with van der Waals surface area (Å²) in [5.41, 5.74) is 0.111. The molecule has 5 nitrogen and oxygen atoms in total. The van der Waals surface area contributed by atoms with Crippen LogP contribution in [0, 0.1) is 0 Å². The van der Waals surface area contributed by atoms with Crippen molar-refractivity contribution in [2.75, 3.05) is 20.3 Å². The molecule has 0 aliphatic carbocycles. The van der Waals surface area contributed by atoms with E-state index in [0.717, 1.165) is 24.2 Å². The summed E-state index contributed by atoms with van der Waals surface area (Å²) in [7, 11) is 1.66. The number of likely N-dealkylation sites (N-methyl/N-ethyl adjacent to an activating group) is 1. The molecule has 0 heterocycles. The molecule has 0 aliphatic heterocycles. The van der Waals surface area contributed by atoms with Crippen molar-refractivity contribution in [2.45, 2.75) is 38.1 Å². The van der Waals surface area contributed by atoms with Crippen LogP contribution in [0.15, 0.2) is 24.3 Å². The maximum atomic E-state index is 11.1. The number of hydrogen-bond acceptors (Lipinski definition) is 4. The summed E-state index contributed by atoms with van der Waals surface area (Å²) >= 11 is 0. The lowest BCUT2D eigenvalue weighted by molar-refractivity contribution is -0.144. The molecule has 0 spiro atoms. The lowest BCUT2D eigenvalue weighted by atomic mass is 9.95. The van der Waals surface area contributed by atoms with E-state index in [9.17, 15) is 4.79 Å². The van der Waals surface area contributed by atoms with Gasteiger partial charge < -0.3 is 20.3 Å². The van der Waals surface area contributed by atoms with Crippen LogP contribution in [0.4, 0.5) is 0 Å².